The Balaban J connectivity index is 1.92. The fourth-order valence-electron chi connectivity index (χ4n) is 4.06. The third-order valence-electron chi connectivity index (χ3n) is 5.22. The van der Waals surface area contributed by atoms with Crippen molar-refractivity contribution in [2.45, 2.75) is 31.6 Å². The summed E-state index contributed by atoms with van der Waals surface area (Å²) in [5.41, 5.74) is 3.16. The maximum absolute atomic E-state index is 13.1. The number of nitrogens with zero attached hydrogens (tertiary/aromatic N) is 2. The number of benzene rings is 2. The molecule has 4 rings (SSSR count). The lowest BCUT2D eigenvalue weighted by Crippen LogP contribution is -2.41. The quantitative estimate of drug-likeness (QED) is 0.760. The molecule has 0 N–H and O–H groups in total. The topological polar surface area (TPSA) is 61.2 Å². The number of ketones is 1. The zero-order valence-electron chi connectivity index (χ0n) is 14.6. The standard InChI is InChI=1S/C22H17ClN2O2/c23-17-8-3-2-7-15(17)16-12-21(27)25(18-9-4-1-6-14(18)13-24)19-10-5-11-20(26)22(16)19/h1-4,6-9,16H,5,10-12H2. The second-order valence-corrected chi connectivity index (χ2v) is 7.18. The van der Waals surface area contributed by atoms with Gasteiger partial charge in [-0.15, -0.1) is 0 Å². The highest BCUT2D eigenvalue weighted by Crippen LogP contribution is 2.45. The minimum Gasteiger partial charge on any atom is -0.294 e. The van der Waals surface area contributed by atoms with Crippen LogP contribution in [0.25, 0.3) is 0 Å². The van der Waals surface area contributed by atoms with Gasteiger partial charge >= 0.3 is 0 Å². The number of hydrogen-bond acceptors (Lipinski definition) is 3. The number of carbonyl (C=O) groups is 2. The van der Waals surface area contributed by atoms with E-state index in [2.05, 4.69) is 6.07 Å². The van der Waals surface area contributed by atoms with E-state index in [0.29, 0.717) is 41.1 Å². The zero-order chi connectivity index (χ0) is 19.0. The van der Waals surface area contributed by atoms with Crippen molar-refractivity contribution >= 4 is 29.0 Å². The number of para-hydroxylation sites is 1. The first-order valence-corrected chi connectivity index (χ1v) is 9.32. The van der Waals surface area contributed by atoms with Crippen LogP contribution in [0.15, 0.2) is 59.8 Å². The molecule has 0 bridgehead atoms. The summed E-state index contributed by atoms with van der Waals surface area (Å²) in [6.07, 6.45) is 1.97. The summed E-state index contributed by atoms with van der Waals surface area (Å²) in [4.78, 5) is 27.6. The van der Waals surface area contributed by atoms with E-state index in [1.165, 1.54) is 0 Å². The summed E-state index contributed by atoms with van der Waals surface area (Å²) in [5, 5.41) is 10.0. The van der Waals surface area contributed by atoms with Crippen LogP contribution in [-0.2, 0) is 9.59 Å². The molecule has 0 radical (unpaired) electrons. The van der Waals surface area contributed by atoms with Crippen LogP contribution < -0.4 is 4.90 Å². The lowest BCUT2D eigenvalue weighted by molar-refractivity contribution is -0.119. The average molecular weight is 377 g/mol. The van der Waals surface area contributed by atoms with Crippen LogP contribution in [0.5, 0.6) is 0 Å². The number of anilines is 1. The Bertz CT molecular complexity index is 1020. The molecule has 0 saturated heterocycles. The van der Waals surface area contributed by atoms with Crippen molar-refractivity contribution < 1.29 is 9.59 Å². The lowest BCUT2D eigenvalue weighted by atomic mass is 9.77. The first-order chi connectivity index (χ1) is 13.1. The largest absolute Gasteiger partial charge is 0.294 e. The van der Waals surface area contributed by atoms with E-state index in [1.807, 2.05) is 18.2 Å². The monoisotopic (exact) mass is 376 g/mol. The van der Waals surface area contributed by atoms with Crippen LogP contribution >= 0.6 is 11.6 Å². The molecule has 1 atom stereocenters. The summed E-state index contributed by atoms with van der Waals surface area (Å²) in [5.74, 6) is -0.385. The fourth-order valence-corrected chi connectivity index (χ4v) is 4.33. The van der Waals surface area contributed by atoms with Gasteiger partial charge in [0.2, 0.25) is 5.91 Å². The van der Waals surface area contributed by atoms with Gasteiger partial charge in [0.25, 0.3) is 0 Å². The maximum atomic E-state index is 13.1. The molecule has 5 heteroatoms. The molecule has 1 unspecified atom stereocenters. The van der Waals surface area contributed by atoms with Gasteiger partial charge in [-0.25, -0.2) is 0 Å². The molecule has 134 valence electrons. The van der Waals surface area contributed by atoms with E-state index in [-0.39, 0.29) is 24.0 Å². The molecule has 0 fully saturated rings. The lowest BCUT2D eigenvalue weighted by Gasteiger charge is -2.38. The molecule has 2 aromatic rings. The van der Waals surface area contributed by atoms with Crippen LogP contribution in [0, 0.1) is 11.3 Å². The number of nitriles is 1. The Hall–Kier alpha value is -2.90. The molecule has 1 amide bonds. The van der Waals surface area contributed by atoms with Crippen molar-refractivity contribution in [2.24, 2.45) is 0 Å². The molecule has 1 aliphatic carbocycles. The molecular weight excluding hydrogens is 360 g/mol. The first kappa shape index (κ1) is 17.5. The highest BCUT2D eigenvalue weighted by Gasteiger charge is 2.40. The van der Waals surface area contributed by atoms with E-state index in [4.69, 9.17) is 11.6 Å². The molecule has 1 aliphatic heterocycles. The third kappa shape index (κ3) is 2.94. The summed E-state index contributed by atoms with van der Waals surface area (Å²) < 4.78 is 0. The Morgan fingerprint density at radius 2 is 1.78 bits per heavy atom. The van der Waals surface area contributed by atoms with Crippen LogP contribution in [0.4, 0.5) is 5.69 Å². The maximum Gasteiger partial charge on any atom is 0.232 e. The Morgan fingerprint density at radius 3 is 2.56 bits per heavy atom. The number of carbonyl (C=O) groups excluding carboxylic acids is 2. The Labute approximate surface area is 162 Å². The predicted octanol–water partition coefficient (Wildman–Crippen LogP) is 4.74. The van der Waals surface area contributed by atoms with E-state index in [0.717, 1.165) is 11.3 Å². The van der Waals surface area contributed by atoms with Crippen molar-refractivity contribution in [3.05, 3.63) is 76.0 Å². The summed E-state index contributed by atoms with van der Waals surface area (Å²) in [7, 11) is 0. The molecule has 0 spiro atoms. The highest BCUT2D eigenvalue weighted by molar-refractivity contribution is 6.31. The fraction of sp³-hybridized carbons (Fsp3) is 0.227. The third-order valence-corrected chi connectivity index (χ3v) is 5.57. The second-order valence-electron chi connectivity index (χ2n) is 6.77. The Kier molecular flexibility index (Phi) is 4.55. The van der Waals surface area contributed by atoms with Crippen LogP contribution in [0.1, 0.15) is 42.7 Å². The summed E-state index contributed by atoms with van der Waals surface area (Å²) >= 11 is 6.38. The van der Waals surface area contributed by atoms with Gasteiger partial charge in [0.05, 0.1) is 11.3 Å². The van der Waals surface area contributed by atoms with Crippen molar-refractivity contribution in [1.82, 2.24) is 0 Å². The molecule has 0 saturated carbocycles. The molecule has 4 nitrogen and oxygen atoms in total. The number of halogens is 1. The first-order valence-electron chi connectivity index (χ1n) is 8.94. The van der Waals surface area contributed by atoms with Gasteiger partial charge in [0, 0.05) is 35.1 Å². The van der Waals surface area contributed by atoms with Crippen molar-refractivity contribution in [1.29, 1.82) is 5.26 Å². The molecule has 27 heavy (non-hydrogen) atoms. The van der Waals surface area contributed by atoms with E-state index >= 15 is 0 Å². The number of amides is 1. The molecule has 2 aromatic carbocycles. The van der Waals surface area contributed by atoms with E-state index < -0.39 is 0 Å². The van der Waals surface area contributed by atoms with Gasteiger partial charge in [0.1, 0.15) is 6.07 Å². The summed E-state index contributed by atoms with van der Waals surface area (Å²) in [6, 6.07) is 16.5. The normalized spacial score (nSPS) is 19.7. The number of hydrogen-bond donors (Lipinski definition) is 0. The van der Waals surface area contributed by atoms with Crippen molar-refractivity contribution in [3.63, 3.8) is 0 Å². The van der Waals surface area contributed by atoms with Crippen molar-refractivity contribution in [2.75, 3.05) is 4.90 Å². The minimum absolute atomic E-state index is 0.0631. The van der Waals surface area contributed by atoms with E-state index in [9.17, 15) is 14.9 Å². The van der Waals surface area contributed by atoms with Gasteiger partial charge < -0.3 is 0 Å². The second kappa shape index (κ2) is 7.02. The van der Waals surface area contributed by atoms with Gasteiger partial charge in [-0.05, 0) is 36.6 Å². The Morgan fingerprint density at radius 1 is 1.04 bits per heavy atom. The highest BCUT2D eigenvalue weighted by atomic mass is 35.5. The zero-order valence-corrected chi connectivity index (χ0v) is 15.4. The molecule has 2 aliphatic rings. The van der Waals surface area contributed by atoms with Gasteiger partial charge in [-0.1, -0.05) is 41.9 Å². The predicted molar refractivity (Wildman–Crippen MR) is 103 cm³/mol. The van der Waals surface area contributed by atoms with E-state index in [1.54, 1.807) is 35.2 Å². The number of allylic oxidation sites excluding steroid dienone is 2. The smallest absolute Gasteiger partial charge is 0.232 e. The SMILES string of the molecule is N#Cc1ccccc1N1C(=O)CC(c2ccccc2Cl)C2=C1CCCC2=O. The summed E-state index contributed by atoms with van der Waals surface area (Å²) in [6.45, 7) is 0. The average Bonchev–Trinajstić information content (AvgIpc) is 2.68. The van der Waals surface area contributed by atoms with Crippen LogP contribution in [0.2, 0.25) is 5.02 Å². The van der Waals surface area contributed by atoms with Gasteiger partial charge in [0.15, 0.2) is 5.78 Å². The minimum atomic E-state index is -0.334. The van der Waals surface area contributed by atoms with Crippen LogP contribution in [0.3, 0.4) is 0 Å². The van der Waals surface area contributed by atoms with Crippen molar-refractivity contribution in [3.8, 4) is 6.07 Å². The number of Topliss-reactive ketones (excluding diaryl/α,β-unsaturated/α-hetero) is 1. The van der Waals surface area contributed by atoms with Crippen LogP contribution in [-0.4, -0.2) is 11.7 Å². The molecule has 1 heterocycles. The molecular formula is C22H17ClN2O2. The molecule has 0 aromatic heterocycles. The van der Waals surface area contributed by atoms with Gasteiger partial charge in [-0.3, -0.25) is 14.5 Å². The van der Waals surface area contributed by atoms with Gasteiger partial charge in [-0.2, -0.15) is 5.26 Å². The number of rotatable bonds is 2.